The summed E-state index contributed by atoms with van der Waals surface area (Å²) in [6, 6.07) is 8.61. The van der Waals surface area contributed by atoms with Crippen LogP contribution in [0.4, 0.5) is 0 Å². The number of fused-ring (bicyclic) bond motifs is 1. The topological polar surface area (TPSA) is 42.0 Å². The molecule has 1 aromatic heterocycles. The van der Waals surface area contributed by atoms with Gasteiger partial charge in [-0.1, -0.05) is 12.1 Å². The summed E-state index contributed by atoms with van der Waals surface area (Å²) >= 11 is 1.76. The third-order valence-corrected chi connectivity index (χ3v) is 8.61. The van der Waals surface area contributed by atoms with Crippen LogP contribution in [0, 0.1) is 23.2 Å². The zero-order valence-corrected chi connectivity index (χ0v) is 17.1. The van der Waals surface area contributed by atoms with Crippen LogP contribution >= 0.6 is 11.3 Å². The number of carbonyl (C=O) groups is 1. The van der Waals surface area contributed by atoms with Crippen LogP contribution in [0.15, 0.2) is 24.3 Å². The van der Waals surface area contributed by atoms with Gasteiger partial charge in [0.15, 0.2) is 0 Å². The molecular weight excluding hydrogens is 352 g/mol. The molecule has 1 heterocycles. The van der Waals surface area contributed by atoms with Crippen molar-refractivity contribution >= 4 is 27.5 Å². The van der Waals surface area contributed by atoms with E-state index in [0.717, 1.165) is 41.1 Å². The Morgan fingerprint density at radius 1 is 1.19 bits per heavy atom. The van der Waals surface area contributed by atoms with Crippen LogP contribution in [0.25, 0.3) is 10.2 Å². The minimum Gasteiger partial charge on any atom is -0.353 e. The number of amides is 1. The van der Waals surface area contributed by atoms with E-state index in [1.165, 1.54) is 43.2 Å². The predicted octanol–water partition coefficient (Wildman–Crippen LogP) is 5.34. The molecule has 27 heavy (non-hydrogen) atoms. The highest BCUT2D eigenvalue weighted by Crippen LogP contribution is 2.61. The lowest BCUT2D eigenvalue weighted by Gasteiger charge is -2.59. The highest BCUT2D eigenvalue weighted by Gasteiger charge is 2.53. The summed E-state index contributed by atoms with van der Waals surface area (Å²) in [4.78, 5) is 17.3. The second kappa shape index (κ2) is 6.88. The molecule has 1 atom stereocenters. The van der Waals surface area contributed by atoms with Gasteiger partial charge in [0.1, 0.15) is 0 Å². The summed E-state index contributed by atoms with van der Waals surface area (Å²) in [7, 11) is 0. The van der Waals surface area contributed by atoms with Gasteiger partial charge in [-0.25, -0.2) is 4.98 Å². The number of nitrogens with one attached hydrogen (secondary N) is 1. The van der Waals surface area contributed by atoms with E-state index in [0.29, 0.717) is 17.9 Å². The maximum absolute atomic E-state index is 12.6. The number of aryl methyl sites for hydroxylation is 1. The lowest BCUT2D eigenvalue weighted by molar-refractivity contribution is -0.126. The van der Waals surface area contributed by atoms with Crippen LogP contribution in [-0.2, 0) is 11.2 Å². The SMILES string of the molecule is C[C@H](NC(=O)CCCc1nc2ccccc2s1)C12CC3CC(CC(C3)C1)C2. The molecule has 0 saturated heterocycles. The van der Waals surface area contributed by atoms with E-state index in [9.17, 15) is 4.79 Å². The van der Waals surface area contributed by atoms with Crippen molar-refractivity contribution in [2.45, 2.75) is 70.8 Å². The molecule has 0 radical (unpaired) electrons. The van der Waals surface area contributed by atoms with Gasteiger partial charge in [0, 0.05) is 12.5 Å². The average molecular weight is 383 g/mol. The van der Waals surface area contributed by atoms with E-state index in [2.05, 4.69) is 35.4 Å². The van der Waals surface area contributed by atoms with Crippen LogP contribution in [0.1, 0.15) is 63.3 Å². The molecule has 4 heteroatoms. The number of para-hydroxylation sites is 1. The van der Waals surface area contributed by atoms with Crippen LogP contribution in [0.5, 0.6) is 0 Å². The molecule has 0 aliphatic heterocycles. The first-order valence-electron chi connectivity index (χ1n) is 10.7. The molecule has 1 amide bonds. The van der Waals surface area contributed by atoms with Crippen LogP contribution < -0.4 is 5.32 Å². The standard InChI is InChI=1S/C23H30N2OS/c1-15(23-12-16-9-17(13-23)11-18(10-16)14-23)24-21(26)7-4-8-22-25-19-5-2-3-6-20(19)27-22/h2-3,5-6,15-18H,4,7-14H2,1H3,(H,24,26)/t15-,16?,17?,18?,23?/m0/s1. The Bertz CT molecular complexity index is 773. The van der Waals surface area contributed by atoms with E-state index in [1.54, 1.807) is 11.3 Å². The van der Waals surface area contributed by atoms with E-state index < -0.39 is 0 Å². The minimum absolute atomic E-state index is 0.236. The Hall–Kier alpha value is -1.42. The minimum atomic E-state index is 0.236. The fourth-order valence-electron chi connectivity index (χ4n) is 6.60. The zero-order valence-electron chi connectivity index (χ0n) is 16.2. The molecule has 2 aromatic rings. The third-order valence-electron chi connectivity index (χ3n) is 7.51. The molecule has 3 nitrogen and oxygen atoms in total. The van der Waals surface area contributed by atoms with Crippen molar-refractivity contribution in [3.8, 4) is 0 Å². The smallest absolute Gasteiger partial charge is 0.220 e. The second-order valence-electron chi connectivity index (χ2n) is 9.50. The quantitative estimate of drug-likeness (QED) is 0.733. The number of thiazole rings is 1. The summed E-state index contributed by atoms with van der Waals surface area (Å²) < 4.78 is 1.24. The van der Waals surface area contributed by atoms with Gasteiger partial charge in [-0.05, 0) is 93.6 Å². The Morgan fingerprint density at radius 2 is 1.85 bits per heavy atom. The molecular formula is C23H30N2OS. The highest BCUT2D eigenvalue weighted by molar-refractivity contribution is 7.18. The van der Waals surface area contributed by atoms with E-state index in [1.807, 2.05) is 6.07 Å². The first-order valence-corrected chi connectivity index (χ1v) is 11.6. The van der Waals surface area contributed by atoms with E-state index in [4.69, 9.17) is 0 Å². The average Bonchev–Trinajstić information content (AvgIpc) is 3.03. The molecule has 1 N–H and O–H groups in total. The number of carbonyl (C=O) groups excluding carboxylic acids is 1. The maximum atomic E-state index is 12.6. The summed E-state index contributed by atoms with van der Waals surface area (Å²) in [5.74, 6) is 3.05. The van der Waals surface area contributed by atoms with Gasteiger partial charge in [0.25, 0.3) is 0 Å². The molecule has 4 fully saturated rings. The largest absolute Gasteiger partial charge is 0.353 e. The second-order valence-corrected chi connectivity index (χ2v) is 10.6. The Labute approximate surface area is 166 Å². The fraction of sp³-hybridized carbons (Fsp3) is 0.652. The number of hydrogen-bond acceptors (Lipinski definition) is 3. The molecule has 0 spiro atoms. The Morgan fingerprint density at radius 3 is 2.52 bits per heavy atom. The van der Waals surface area contributed by atoms with Crippen molar-refractivity contribution in [3.05, 3.63) is 29.3 Å². The van der Waals surface area contributed by atoms with Gasteiger partial charge in [-0.15, -0.1) is 11.3 Å². The first kappa shape index (κ1) is 17.7. The number of nitrogens with zero attached hydrogens (tertiary/aromatic N) is 1. The molecule has 0 unspecified atom stereocenters. The van der Waals surface area contributed by atoms with Crippen LogP contribution in [0.2, 0.25) is 0 Å². The molecule has 4 aliphatic rings. The van der Waals surface area contributed by atoms with Gasteiger partial charge in [-0.3, -0.25) is 4.79 Å². The van der Waals surface area contributed by atoms with Crippen molar-refractivity contribution in [2.24, 2.45) is 23.2 Å². The summed E-state index contributed by atoms with van der Waals surface area (Å²) in [5.41, 5.74) is 1.48. The Balaban J connectivity index is 1.14. The summed E-state index contributed by atoms with van der Waals surface area (Å²) in [5, 5.41) is 4.54. The van der Waals surface area contributed by atoms with Gasteiger partial charge in [0.05, 0.1) is 15.2 Å². The van der Waals surface area contributed by atoms with Crippen molar-refractivity contribution in [2.75, 3.05) is 0 Å². The van der Waals surface area contributed by atoms with Gasteiger partial charge in [-0.2, -0.15) is 0 Å². The van der Waals surface area contributed by atoms with E-state index in [-0.39, 0.29) is 5.91 Å². The number of rotatable bonds is 6. The third kappa shape index (κ3) is 3.41. The van der Waals surface area contributed by atoms with Gasteiger partial charge >= 0.3 is 0 Å². The monoisotopic (exact) mass is 382 g/mol. The van der Waals surface area contributed by atoms with E-state index >= 15 is 0 Å². The highest BCUT2D eigenvalue weighted by atomic mass is 32.1. The molecule has 4 saturated carbocycles. The zero-order chi connectivity index (χ0) is 18.4. The maximum Gasteiger partial charge on any atom is 0.220 e. The van der Waals surface area contributed by atoms with Crippen molar-refractivity contribution in [3.63, 3.8) is 0 Å². The van der Waals surface area contributed by atoms with Crippen molar-refractivity contribution in [1.82, 2.24) is 10.3 Å². The summed E-state index contributed by atoms with van der Waals surface area (Å²) in [6.07, 6.45) is 10.8. The number of benzene rings is 1. The van der Waals surface area contributed by atoms with Gasteiger partial charge < -0.3 is 5.32 Å². The molecule has 6 rings (SSSR count). The normalized spacial score (nSPS) is 32.7. The lowest BCUT2D eigenvalue weighted by Crippen LogP contribution is -2.55. The molecule has 1 aromatic carbocycles. The van der Waals surface area contributed by atoms with Crippen molar-refractivity contribution in [1.29, 1.82) is 0 Å². The predicted molar refractivity (Wildman–Crippen MR) is 111 cm³/mol. The van der Waals surface area contributed by atoms with Crippen molar-refractivity contribution < 1.29 is 4.79 Å². The number of hydrogen-bond donors (Lipinski definition) is 1. The fourth-order valence-corrected chi connectivity index (χ4v) is 7.61. The molecule has 4 aliphatic carbocycles. The van der Waals surface area contributed by atoms with Crippen LogP contribution in [0.3, 0.4) is 0 Å². The Kier molecular flexibility index (Phi) is 4.50. The molecule has 144 valence electrons. The molecule has 4 bridgehead atoms. The lowest BCUT2D eigenvalue weighted by atomic mass is 9.48. The summed E-state index contributed by atoms with van der Waals surface area (Å²) in [6.45, 7) is 2.28. The number of aromatic nitrogens is 1. The first-order chi connectivity index (χ1) is 13.1. The van der Waals surface area contributed by atoms with Gasteiger partial charge in [0.2, 0.25) is 5.91 Å². The van der Waals surface area contributed by atoms with Crippen LogP contribution in [-0.4, -0.2) is 16.9 Å².